The maximum Gasteiger partial charge on any atom is 0.0776 e. The monoisotopic (exact) mass is 249 g/mol. The molecule has 0 saturated carbocycles. The van der Waals surface area contributed by atoms with E-state index in [2.05, 4.69) is 34.7 Å². The highest BCUT2D eigenvalue weighted by molar-refractivity contribution is 5.51. The number of likely N-dealkylation sites (N-methyl/N-ethyl adjacent to an activating group) is 1. The van der Waals surface area contributed by atoms with E-state index >= 15 is 0 Å². The largest absolute Gasteiger partial charge is 0.394 e. The van der Waals surface area contributed by atoms with E-state index < -0.39 is 0 Å². The van der Waals surface area contributed by atoms with Crippen LogP contribution in [0.3, 0.4) is 0 Å². The summed E-state index contributed by atoms with van der Waals surface area (Å²) in [4.78, 5) is 9.09. The second kappa shape index (κ2) is 5.67. The highest BCUT2D eigenvalue weighted by Crippen LogP contribution is 2.25. The first-order chi connectivity index (χ1) is 8.63. The molecule has 0 radical (unpaired) electrons. The van der Waals surface area contributed by atoms with Gasteiger partial charge in [-0.1, -0.05) is 0 Å². The van der Waals surface area contributed by atoms with Gasteiger partial charge in [0.05, 0.1) is 24.0 Å². The van der Waals surface area contributed by atoms with Gasteiger partial charge in [-0.25, -0.2) is 0 Å². The van der Waals surface area contributed by atoms with E-state index in [1.165, 1.54) is 0 Å². The second-order valence-electron chi connectivity index (χ2n) is 5.27. The van der Waals surface area contributed by atoms with Crippen molar-refractivity contribution in [3.63, 3.8) is 0 Å². The van der Waals surface area contributed by atoms with Gasteiger partial charge in [-0.15, -0.1) is 0 Å². The average Bonchev–Trinajstić information content (AvgIpc) is 2.36. The van der Waals surface area contributed by atoms with Crippen LogP contribution in [0.25, 0.3) is 0 Å². The van der Waals surface area contributed by atoms with Gasteiger partial charge < -0.3 is 10.0 Å². The third kappa shape index (κ3) is 2.65. The molecule has 0 fully saturated rings. The predicted octanol–water partition coefficient (Wildman–Crippen LogP) is 1.49. The summed E-state index contributed by atoms with van der Waals surface area (Å²) in [5.74, 6) is 0. The lowest BCUT2D eigenvalue weighted by atomic mass is 10.1. The zero-order valence-corrected chi connectivity index (χ0v) is 11.5. The molecule has 100 valence electrons. The molecule has 0 saturated heterocycles. The van der Waals surface area contributed by atoms with Gasteiger partial charge in [0.15, 0.2) is 0 Å². The van der Waals surface area contributed by atoms with Crippen molar-refractivity contribution in [2.75, 3.05) is 25.1 Å². The summed E-state index contributed by atoms with van der Waals surface area (Å²) in [6.07, 6.45) is 2.83. The Bertz CT molecular complexity index is 394. The van der Waals surface area contributed by atoms with Crippen molar-refractivity contribution in [2.45, 2.75) is 38.9 Å². The molecule has 1 aromatic heterocycles. The number of hydrogen-bond donors (Lipinski definition) is 1. The Hall–Kier alpha value is -1.13. The Kier molecular flexibility index (Phi) is 4.19. The number of aliphatic hydroxyl groups is 1. The average molecular weight is 249 g/mol. The van der Waals surface area contributed by atoms with E-state index in [1.807, 2.05) is 19.3 Å². The fraction of sp³-hybridized carbons (Fsp3) is 0.643. The van der Waals surface area contributed by atoms with Crippen molar-refractivity contribution in [1.29, 1.82) is 0 Å². The van der Waals surface area contributed by atoms with Crippen LogP contribution in [0.2, 0.25) is 0 Å². The molecule has 18 heavy (non-hydrogen) atoms. The van der Waals surface area contributed by atoms with E-state index in [0.29, 0.717) is 6.04 Å². The van der Waals surface area contributed by atoms with Crippen LogP contribution in [0.5, 0.6) is 0 Å². The molecule has 1 aliphatic rings. The maximum atomic E-state index is 9.55. The molecule has 4 heteroatoms. The zero-order valence-electron chi connectivity index (χ0n) is 11.5. The van der Waals surface area contributed by atoms with Gasteiger partial charge in [0.25, 0.3) is 0 Å². The van der Waals surface area contributed by atoms with Crippen LogP contribution in [0.4, 0.5) is 5.69 Å². The molecule has 1 aliphatic heterocycles. The minimum Gasteiger partial charge on any atom is -0.394 e. The molecular formula is C14H23N3O. The lowest BCUT2D eigenvalue weighted by Crippen LogP contribution is -2.43. The molecule has 0 spiro atoms. The first kappa shape index (κ1) is 13.3. The van der Waals surface area contributed by atoms with Crippen molar-refractivity contribution in [2.24, 2.45) is 0 Å². The molecule has 1 N–H and O–H groups in total. The standard InChI is InChI=1S/C14H23N3O/c1-11(2)17-8-6-12(10-18)16(3)14-5-4-7-15-13(14)9-17/h4-5,7,11-12,18H,6,8-10H2,1-3H3/t12-/m0/s1. The minimum absolute atomic E-state index is 0.175. The molecule has 0 bridgehead atoms. The highest BCUT2D eigenvalue weighted by atomic mass is 16.3. The van der Waals surface area contributed by atoms with Crippen molar-refractivity contribution < 1.29 is 5.11 Å². The number of nitrogens with zero attached hydrogens (tertiary/aromatic N) is 3. The predicted molar refractivity (Wildman–Crippen MR) is 73.7 cm³/mol. The molecule has 4 nitrogen and oxygen atoms in total. The fourth-order valence-corrected chi connectivity index (χ4v) is 2.50. The number of aromatic nitrogens is 1. The van der Waals surface area contributed by atoms with Gasteiger partial charge in [0.2, 0.25) is 0 Å². The van der Waals surface area contributed by atoms with E-state index in [4.69, 9.17) is 0 Å². The van der Waals surface area contributed by atoms with E-state index in [-0.39, 0.29) is 12.6 Å². The van der Waals surface area contributed by atoms with Crippen LogP contribution in [-0.4, -0.2) is 47.3 Å². The van der Waals surface area contributed by atoms with Crippen molar-refractivity contribution >= 4 is 5.69 Å². The van der Waals surface area contributed by atoms with Gasteiger partial charge in [-0.05, 0) is 32.4 Å². The second-order valence-corrected chi connectivity index (χ2v) is 5.27. The third-order valence-electron chi connectivity index (χ3n) is 3.84. The molecular weight excluding hydrogens is 226 g/mol. The first-order valence-corrected chi connectivity index (χ1v) is 6.65. The fourth-order valence-electron chi connectivity index (χ4n) is 2.50. The zero-order chi connectivity index (χ0) is 13.1. The molecule has 0 aromatic carbocycles. The van der Waals surface area contributed by atoms with Gasteiger partial charge in [0, 0.05) is 32.4 Å². The first-order valence-electron chi connectivity index (χ1n) is 6.65. The van der Waals surface area contributed by atoms with Crippen LogP contribution >= 0.6 is 0 Å². The summed E-state index contributed by atoms with van der Waals surface area (Å²) in [6, 6.07) is 4.73. The molecule has 2 rings (SSSR count). The van der Waals surface area contributed by atoms with E-state index in [1.54, 1.807) is 0 Å². The van der Waals surface area contributed by atoms with Crippen molar-refractivity contribution in [1.82, 2.24) is 9.88 Å². The Morgan fingerprint density at radius 1 is 1.50 bits per heavy atom. The topological polar surface area (TPSA) is 39.6 Å². The number of aliphatic hydroxyl groups excluding tert-OH is 1. The number of fused-ring (bicyclic) bond motifs is 1. The molecule has 0 unspecified atom stereocenters. The summed E-state index contributed by atoms with van der Waals surface area (Å²) >= 11 is 0. The van der Waals surface area contributed by atoms with Crippen LogP contribution < -0.4 is 4.90 Å². The minimum atomic E-state index is 0.175. The summed E-state index contributed by atoms with van der Waals surface area (Å²) in [5.41, 5.74) is 2.24. The molecule has 1 aromatic rings. The lowest BCUT2D eigenvalue weighted by molar-refractivity contribution is 0.179. The van der Waals surface area contributed by atoms with Crippen molar-refractivity contribution in [3.8, 4) is 0 Å². The summed E-state index contributed by atoms with van der Waals surface area (Å²) in [6.45, 7) is 6.50. The number of pyridine rings is 1. The quantitative estimate of drug-likeness (QED) is 0.862. The van der Waals surface area contributed by atoms with Crippen molar-refractivity contribution in [3.05, 3.63) is 24.0 Å². The lowest BCUT2D eigenvalue weighted by Gasteiger charge is -2.37. The van der Waals surface area contributed by atoms with Gasteiger partial charge in [0.1, 0.15) is 0 Å². The number of anilines is 1. The Morgan fingerprint density at radius 3 is 2.94 bits per heavy atom. The Labute approximate surface area is 109 Å². The molecule has 1 atom stereocenters. The van der Waals surface area contributed by atoms with Crippen LogP contribution in [0, 0.1) is 0 Å². The molecule has 2 heterocycles. The van der Waals surface area contributed by atoms with Gasteiger partial charge >= 0.3 is 0 Å². The SMILES string of the molecule is CC(C)N1CC[C@@H](CO)N(C)c2cccnc2C1. The smallest absolute Gasteiger partial charge is 0.0776 e. The maximum absolute atomic E-state index is 9.55. The number of hydrogen-bond acceptors (Lipinski definition) is 4. The summed E-state index contributed by atoms with van der Waals surface area (Å²) in [7, 11) is 2.05. The normalized spacial score (nSPS) is 21.6. The number of rotatable bonds is 2. The van der Waals surface area contributed by atoms with Crippen LogP contribution in [-0.2, 0) is 6.54 Å². The van der Waals surface area contributed by atoms with Crippen LogP contribution in [0.1, 0.15) is 26.0 Å². The highest BCUT2D eigenvalue weighted by Gasteiger charge is 2.24. The summed E-state index contributed by atoms with van der Waals surface area (Å²) in [5, 5.41) is 9.55. The van der Waals surface area contributed by atoms with Gasteiger partial charge in [-0.2, -0.15) is 0 Å². The molecule has 0 amide bonds. The molecule has 0 aliphatic carbocycles. The van der Waals surface area contributed by atoms with Crippen LogP contribution in [0.15, 0.2) is 18.3 Å². The Balaban J connectivity index is 2.34. The van der Waals surface area contributed by atoms with E-state index in [9.17, 15) is 5.11 Å². The van der Waals surface area contributed by atoms with E-state index in [0.717, 1.165) is 30.9 Å². The Morgan fingerprint density at radius 2 is 2.28 bits per heavy atom. The van der Waals surface area contributed by atoms with Gasteiger partial charge in [-0.3, -0.25) is 9.88 Å². The summed E-state index contributed by atoms with van der Waals surface area (Å²) < 4.78 is 0. The third-order valence-corrected chi connectivity index (χ3v) is 3.84.